The van der Waals surface area contributed by atoms with Crippen LogP contribution in [0.1, 0.15) is 44.3 Å². The number of imidazole rings is 1. The Morgan fingerprint density at radius 2 is 1.83 bits per heavy atom. The summed E-state index contributed by atoms with van der Waals surface area (Å²) in [4.78, 5) is 7.45. The standard InChI is InChI=1S/C15H23N3/c1-2-18-14(17-1)9-16-10-15-6-11-3-12(7-15)5-13(4-11)8-15/h1-2,11-13,16H,3-10H2,(H,17,18). The summed E-state index contributed by atoms with van der Waals surface area (Å²) in [5.74, 6) is 4.24. The van der Waals surface area contributed by atoms with E-state index in [9.17, 15) is 0 Å². The first kappa shape index (κ1) is 11.0. The fourth-order valence-electron chi connectivity index (χ4n) is 5.35. The normalized spacial score (nSPS) is 41.4. The van der Waals surface area contributed by atoms with Crippen LogP contribution in [0.4, 0.5) is 0 Å². The lowest BCUT2D eigenvalue weighted by atomic mass is 9.49. The summed E-state index contributed by atoms with van der Waals surface area (Å²) in [7, 11) is 0. The Kier molecular flexibility index (Phi) is 2.51. The molecule has 4 bridgehead atoms. The average molecular weight is 245 g/mol. The summed E-state index contributed by atoms with van der Waals surface area (Å²) in [5.41, 5.74) is 0.640. The van der Waals surface area contributed by atoms with Gasteiger partial charge < -0.3 is 10.3 Å². The van der Waals surface area contributed by atoms with Crippen LogP contribution in [-0.2, 0) is 6.54 Å². The van der Waals surface area contributed by atoms with Gasteiger partial charge in [-0.15, -0.1) is 0 Å². The molecule has 18 heavy (non-hydrogen) atoms. The van der Waals surface area contributed by atoms with Crippen molar-refractivity contribution in [3.63, 3.8) is 0 Å². The quantitative estimate of drug-likeness (QED) is 0.856. The molecule has 0 aliphatic heterocycles. The molecule has 3 nitrogen and oxygen atoms in total. The molecular weight excluding hydrogens is 222 g/mol. The van der Waals surface area contributed by atoms with Gasteiger partial charge >= 0.3 is 0 Å². The molecule has 0 atom stereocenters. The zero-order chi connectivity index (χ0) is 12.0. The molecule has 0 unspecified atom stereocenters. The Morgan fingerprint density at radius 1 is 1.17 bits per heavy atom. The topological polar surface area (TPSA) is 40.7 Å². The van der Waals surface area contributed by atoms with Crippen LogP contribution in [0.3, 0.4) is 0 Å². The third-order valence-electron chi connectivity index (χ3n) is 5.51. The lowest BCUT2D eigenvalue weighted by molar-refractivity contribution is -0.0514. The second-order valence-electron chi connectivity index (χ2n) is 7.06. The molecule has 0 saturated heterocycles. The number of nitrogens with zero attached hydrogens (tertiary/aromatic N) is 1. The largest absolute Gasteiger partial charge is 0.348 e. The van der Waals surface area contributed by atoms with Crippen LogP contribution < -0.4 is 5.32 Å². The monoisotopic (exact) mass is 245 g/mol. The highest BCUT2D eigenvalue weighted by molar-refractivity contribution is 5.02. The maximum Gasteiger partial charge on any atom is 0.120 e. The molecule has 4 aliphatic rings. The van der Waals surface area contributed by atoms with E-state index >= 15 is 0 Å². The number of aromatic nitrogens is 2. The number of hydrogen-bond acceptors (Lipinski definition) is 2. The maximum absolute atomic E-state index is 4.28. The first-order valence-electron chi connectivity index (χ1n) is 7.50. The minimum absolute atomic E-state index is 0.640. The Morgan fingerprint density at radius 3 is 2.39 bits per heavy atom. The molecule has 4 saturated carbocycles. The molecule has 1 aromatic rings. The van der Waals surface area contributed by atoms with Gasteiger partial charge in [0.2, 0.25) is 0 Å². The van der Waals surface area contributed by atoms with Crippen molar-refractivity contribution in [2.24, 2.45) is 23.2 Å². The van der Waals surface area contributed by atoms with Crippen LogP contribution >= 0.6 is 0 Å². The van der Waals surface area contributed by atoms with E-state index < -0.39 is 0 Å². The second-order valence-corrected chi connectivity index (χ2v) is 7.06. The minimum atomic E-state index is 0.640. The van der Waals surface area contributed by atoms with Gasteiger partial charge in [-0.3, -0.25) is 0 Å². The summed E-state index contributed by atoms with van der Waals surface area (Å²) in [6.07, 6.45) is 12.8. The zero-order valence-corrected chi connectivity index (χ0v) is 11.0. The van der Waals surface area contributed by atoms with Crippen LogP contribution in [0.15, 0.2) is 12.4 Å². The third kappa shape index (κ3) is 1.89. The molecular formula is C15H23N3. The highest BCUT2D eigenvalue weighted by Crippen LogP contribution is 2.59. The fraction of sp³-hybridized carbons (Fsp3) is 0.800. The number of rotatable bonds is 4. The van der Waals surface area contributed by atoms with Crippen molar-refractivity contribution in [1.82, 2.24) is 15.3 Å². The van der Waals surface area contributed by atoms with Crippen molar-refractivity contribution in [3.05, 3.63) is 18.2 Å². The molecule has 0 radical (unpaired) electrons. The molecule has 3 heteroatoms. The second kappa shape index (κ2) is 4.09. The first-order valence-corrected chi connectivity index (χ1v) is 7.50. The van der Waals surface area contributed by atoms with E-state index in [4.69, 9.17) is 0 Å². The fourth-order valence-corrected chi connectivity index (χ4v) is 5.35. The Balaban J connectivity index is 1.39. The molecule has 0 spiro atoms. The van der Waals surface area contributed by atoms with Gasteiger partial charge in [0, 0.05) is 18.9 Å². The summed E-state index contributed by atoms with van der Waals surface area (Å²) in [6.45, 7) is 2.10. The van der Waals surface area contributed by atoms with E-state index in [0.29, 0.717) is 5.41 Å². The first-order chi connectivity index (χ1) is 8.81. The van der Waals surface area contributed by atoms with Gasteiger partial charge in [-0.2, -0.15) is 0 Å². The van der Waals surface area contributed by atoms with Crippen molar-refractivity contribution >= 4 is 0 Å². The van der Waals surface area contributed by atoms with Crippen molar-refractivity contribution in [2.75, 3.05) is 6.54 Å². The zero-order valence-electron chi connectivity index (χ0n) is 11.0. The van der Waals surface area contributed by atoms with Crippen LogP contribution in [0.5, 0.6) is 0 Å². The Labute approximate surface area is 109 Å². The SMILES string of the molecule is c1c[nH]c(CNCC23CC4CC(CC(C4)C2)C3)n1. The van der Waals surface area contributed by atoms with Crippen LogP contribution in [0, 0.1) is 23.2 Å². The number of hydrogen-bond donors (Lipinski definition) is 2. The lowest BCUT2D eigenvalue weighted by Crippen LogP contribution is -2.50. The number of aromatic amines is 1. The molecule has 0 aromatic carbocycles. The van der Waals surface area contributed by atoms with E-state index in [2.05, 4.69) is 15.3 Å². The number of H-pyrrole nitrogens is 1. The number of nitrogens with one attached hydrogen (secondary N) is 2. The highest BCUT2D eigenvalue weighted by Gasteiger charge is 2.50. The smallest absolute Gasteiger partial charge is 0.120 e. The molecule has 1 heterocycles. The van der Waals surface area contributed by atoms with Crippen molar-refractivity contribution in [2.45, 2.75) is 45.1 Å². The summed E-state index contributed by atoms with van der Waals surface area (Å²) >= 11 is 0. The van der Waals surface area contributed by atoms with E-state index in [-0.39, 0.29) is 0 Å². The van der Waals surface area contributed by atoms with Crippen LogP contribution in [-0.4, -0.2) is 16.5 Å². The van der Waals surface area contributed by atoms with E-state index in [1.54, 1.807) is 0 Å². The molecule has 0 amide bonds. The average Bonchev–Trinajstić information content (AvgIpc) is 2.79. The van der Waals surface area contributed by atoms with Gasteiger partial charge in [-0.25, -0.2) is 4.98 Å². The van der Waals surface area contributed by atoms with E-state index in [1.807, 2.05) is 12.4 Å². The van der Waals surface area contributed by atoms with Gasteiger partial charge in [0.15, 0.2) is 0 Å². The van der Waals surface area contributed by atoms with Gasteiger partial charge in [0.1, 0.15) is 5.82 Å². The van der Waals surface area contributed by atoms with Gasteiger partial charge in [0.05, 0.1) is 6.54 Å². The Hall–Kier alpha value is -0.830. The summed E-state index contributed by atoms with van der Waals surface area (Å²) < 4.78 is 0. The molecule has 1 aromatic heterocycles. The van der Waals surface area contributed by atoms with Crippen molar-refractivity contribution in [3.8, 4) is 0 Å². The molecule has 4 fully saturated rings. The van der Waals surface area contributed by atoms with Gasteiger partial charge in [-0.05, 0) is 61.7 Å². The molecule has 98 valence electrons. The minimum Gasteiger partial charge on any atom is -0.348 e. The van der Waals surface area contributed by atoms with Crippen LogP contribution in [0.25, 0.3) is 0 Å². The van der Waals surface area contributed by atoms with Crippen LogP contribution in [0.2, 0.25) is 0 Å². The summed E-state index contributed by atoms with van der Waals surface area (Å²) in [6, 6.07) is 0. The van der Waals surface area contributed by atoms with Crippen molar-refractivity contribution < 1.29 is 0 Å². The van der Waals surface area contributed by atoms with E-state index in [0.717, 1.165) is 30.1 Å². The maximum atomic E-state index is 4.28. The van der Waals surface area contributed by atoms with Crippen molar-refractivity contribution in [1.29, 1.82) is 0 Å². The molecule has 4 aliphatic carbocycles. The van der Waals surface area contributed by atoms with E-state index in [1.165, 1.54) is 45.1 Å². The molecule has 2 N–H and O–H groups in total. The Bertz CT molecular complexity index is 374. The molecule has 5 rings (SSSR count). The van der Waals surface area contributed by atoms with Gasteiger partial charge in [0.25, 0.3) is 0 Å². The van der Waals surface area contributed by atoms with Gasteiger partial charge in [-0.1, -0.05) is 0 Å². The third-order valence-corrected chi connectivity index (χ3v) is 5.51. The predicted octanol–water partition coefficient (Wildman–Crippen LogP) is 2.72. The lowest BCUT2D eigenvalue weighted by Gasteiger charge is -2.57. The highest BCUT2D eigenvalue weighted by atomic mass is 15.0. The predicted molar refractivity (Wildman–Crippen MR) is 70.9 cm³/mol. The summed E-state index contributed by atoms with van der Waals surface area (Å²) in [5, 5.41) is 3.65.